The molecule has 1 heterocycles. The van der Waals surface area contributed by atoms with E-state index in [1.54, 1.807) is 18.2 Å². The molecule has 5 heteroatoms. The predicted octanol–water partition coefficient (Wildman–Crippen LogP) is 6.13. The minimum absolute atomic E-state index is 0.137. The molecule has 176 valence electrons. The zero-order valence-corrected chi connectivity index (χ0v) is 19.4. The van der Waals surface area contributed by atoms with Crippen molar-refractivity contribution in [1.29, 1.82) is 0 Å². The van der Waals surface area contributed by atoms with Gasteiger partial charge in [-0.1, -0.05) is 66.7 Å². The van der Waals surface area contributed by atoms with Crippen LogP contribution in [0.25, 0.3) is 0 Å². The summed E-state index contributed by atoms with van der Waals surface area (Å²) < 4.78 is 20.2. The van der Waals surface area contributed by atoms with Crippen molar-refractivity contribution in [3.05, 3.63) is 102 Å². The number of carbonyl (C=O) groups is 1. The largest absolute Gasteiger partial charge is 0.449 e. The molecule has 5 rings (SSSR count). The third-order valence-electron chi connectivity index (χ3n) is 7.33. The summed E-state index contributed by atoms with van der Waals surface area (Å²) >= 11 is 0. The van der Waals surface area contributed by atoms with Gasteiger partial charge < -0.3 is 4.74 Å². The molecule has 2 bridgehead atoms. The van der Waals surface area contributed by atoms with Gasteiger partial charge in [0.1, 0.15) is 5.82 Å². The highest BCUT2D eigenvalue weighted by atomic mass is 19.1. The van der Waals surface area contributed by atoms with E-state index >= 15 is 0 Å². The first kappa shape index (κ1) is 22.6. The summed E-state index contributed by atoms with van der Waals surface area (Å²) in [5.41, 5.74) is 2.52. The Morgan fingerprint density at radius 1 is 0.882 bits per heavy atom. The van der Waals surface area contributed by atoms with E-state index in [1.165, 1.54) is 29.4 Å². The highest BCUT2D eigenvalue weighted by molar-refractivity contribution is 5.87. The second-order valence-corrected chi connectivity index (χ2v) is 9.53. The fourth-order valence-electron chi connectivity index (χ4n) is 5.59. The molecule has 1 aliphatic carbocycles. The van der Waals surface area contributed by atoms with Crippen LogP contribution in [0, 0.1) is 23.6 Å². The predicted molar refractivity (Wildman–Crippen MR) is 132 cm³/mol. The number of carbonyl (C=O) groups excluding carboxylic acids is 1. The van der Waals surface area contributed by atoms with Crippen LogP contribution in [0.2, 0.25) is 0 Å². The zero-order chi connectivity index (χ0) is 23.3. The van der Waals surface area contributed by atoms with Crippen LogP contribution in [0.5, 0.6) is 0 Å². The van der Waals surface area contributed by atoms with E-state index in [-0.39, 0.29) is 12.4 Å². The van der Waals surface area contributed by atoms with E-state index in [0.29, 0.717) is 35.6 Å². The van der Waals surface area contributed by atoms with Crippen molar-refractivity contribution in [3.63, 3.8) is 0 Å². The number of anilines is 1. The summed E-state index contributed by atoms with van der Waals surface area (Å²) in [6.45, 7) is 3.63. The number of piperidine rings is 1. The van der Waals surface area contributed by atoms with Crippen molar-refractivity contribution in [2.24, 2.45) is 17.8 Å². The molecular formula is C29H31FN2O2. The molecule has 1 saturated heterocycles. The first-order chi connectivity index (χ1) is 16.7. The van der Waals surface area contributed by atoms with Gasteiger partial charge in [0, 0.05) is 36.8 Å². The average molecular weight is 459 g/mol. The lowest BCUT2D eigenvalue weighted by Gasteiger charge is -2.38. The maximum Gasteiger partial charge on any atom is 0.414 e. The molecule has 2 unspecified atom stereocenters. The molecule has 2 fully saturated rings. The summed E-state index contributed by atoms with van der Waals surface area (Å²) in [6.07, 6.45) is 1.96. The maximum atomic E-state index is 14.3. The molecular weight excluding hydrogens is 427 g/mol. The number of para-hydroxylation sites is 1. The standard InChI is InChI=1S/C29H31FN2O2/c30-28-14-8-7-11-25(28)20-32(26-12-5-2-6-13-26)29(33)34-21-27-23-15-16-24(27)19-31(18-23)17-22-9-3-1-4-10-22/h1-14,23-24,27H,15-21H2. The minimum atomic E-state index is -0.416. The van der Waals surface area contributed by atoms with Gasteiger partial charge in [0.2, 0.25) is 0 Å². The second kappa shape index (κ2) is 10.4. The number of hydrogen-bond acceptors (Lipinski definition) is 3. The SMILES string of the molecule is O=C(OCC1C2CCC1CN(Cc1ccccc1)C2)N(Cc1ccccc1F)c1ccccc1. The van der Waals surface area contributed by atoms with Gasteiger partial charge in [0.05, 0.1) is 13.2 Å². The third kappa shape index (κ3) is 5.15. The fourth-order valence-corrected chi connectivity index (χ4v) is 5.59. The lowest BCUT2D eigenvalue weighted by atomic mass is 9.85. The smallest absolute Gasteiger partial charge is 0.414 e. The normalized spacial score (nSPS) is 21.9. The lowest BCUT2D eigenvalue weighted by Crippen LogP contribution is -2.44. The van der Waals surface area contributed by atoms with Crippen LogP contribution in [-0.4, -0.2) is 30.7 Å². The van der Waals surface area contributed by atoms with E-state index in [1.807, 2.05) is 30.3 Å². The minimum Gasteiger partial charge on any atom is -0.449 e. The second-order valence-electron chi connectivity index (χ2n) is 9.53. The number of fused-ring (bicyclic) bond motifs is 2. The van der Waals surface area contributed by atoms with Crippen molar-refractivity contribution in [1.82, 2.24) is 4.90 Å². The third-order valence-corrected chi connectivity index (χ3v) is 7.33. The Morgan fingerprint density at radius 3 is 2.18 bits per heavy atom. The van der Waals surface area contributed by atoms with Crippen LogP contribution in [0.1, 0.15) is 24.0 Å². The number of hydrogen-bond donors (Lipinski definition) is 0. The number of likely N-dealkylation sites (tertiary alicyclic amines) is 1. The van der Waals surface area contributed by atoms with Gasteiger partial charge in [0.25, 0.3) is 0 Å². The molecule has 0 radical (unpaired) electrons. The molecule has 2 atom stereocenters. The van der Waals surface area contributed by atoms with Crippen LogP contribution in [-0.2, 0) is 17.8 Å². The Hall–Kier alpha value is -3.18. The van der Waals surface area contributed by atoms with Crippen LogP contribution in [0.15, 0.2) is 84.9 Å². The molecule has 1 saturated carbocycles. The Balaban J connectivity index is 1.23. The number of benzene rings is 3. The van der Waals surface area contributed by atoms with E-state index in [4.69, 9.17) is 4.74 Å². The van der Waals surface area contributed by atoms with E-state index in [0.717, 1.165) is 19.6 Å². The molecule has 0 aromatic heterocycles. The number of nitrogens with zero attached hydrogens (tertiary/aromatic N) is 2. The molecule has 1 amide bonds. The zero-order valence-electron chi connectivity index (χ0n) is 19.4. The van der Waals surface area contributed by atoms with Gasteiger partial charge in [-0.05, 0) is 48.4 Å². The summed E-state index contributed by atoms with van der Waals surface area (Å²) in [4.78, 5) is 17.3. The van der Waals surface area contributed by atoms with Gasteiger partial charge >= 0.3 is 6.09 Å². The Labute approximate surface area is 201 Å². The van der Waals surface area contributed by atoms with Gasteiger partial charge in [-0.25, -0.2) is 9.18 Å². The van der Waals surface area contributed by atoms with Crippen molar-refractivity contribution < 1.29 is 13.9 Å². The molecule has 34 heavy (non-hydrogen) atoms. The summed E-state index contributed by atoms with van der Waals surface area (Å²) in [7, 11) is 0. The van der Waals surface area contributed by atoms with Gasteiger partial charge in [-0.2, -0.15) is 0 Å². The molecule has 0 spiro atoms. The van der Waals surface area contributed by atoms with Crippen molar-refractivity contribution >= 4 is 11.8 Å². The monoisotopic (exact) mass is 458 g/mol. The van der Waals surface area contributed by atoms with Crippen molar-refractivity contribution in [2.45, 2.75) is 25.9 Å². The van der Waals surface area contributed by atoms with Crippen molar-refractivity contribution in [3.8, 4) is 0 Å². The number of ether oxygens (including phenoxy) is 1. The Bertz CT molecular complexity index is 1080. The first-order valence-electron chi connectivity index (χ1n) is 12.2. The van der Waals surface area contributed by atoms with E-state index in [9.17, 15) is 9.18 Å². The Morgan fingerprint density at radius 2 is 1.50 bits per heavy atom. The van der Waals surface area contributed by atoms with Gasteiger partial charge in [0.15, 0.2) is 0 Å². The molecule has 1 aliphatic heterocycles. The highest BCUT2D eigenvalue weighted by Gasteiger charge is 2.42. The highest BCUT2D eigenvalue weighted by Crippen LogP contribution is 2.42. The average Bonchev–Trinajstić information content (AvgIpc) is 3.11. The van der Waals surface area contributed by atoms with Gasteiger partial charge in [-0.15, -0.1) is 0 Å². The van der Waals surface area contributed by atoms with E-state index in [2.05, 4.69) is 35.2 Å². The maximum absolute atomic E-state index is 14.3. The van der Waals surface area contributed by atoms with E-state index < -0.39 is 6.09 Å². The summed E-state index contributed by atoms with van der Waals surface area (Å²) in [5, 5.41) is 0. The molecule has 3 aromatic carbocycles. The number of rotatable bonds is 7. The van der Waals surface area contributed by atoms with Crippen molar-refractivity contribution in [2.75, 3.05) is 24.6 Å². The first-order valence-corrected chi connectivity index (χ1v) is 12.2. The molecule has 0 N–H and O–H groups in total. The lowest BCUT2D eigenvalue weighted by molar-refractivity contribution is 0.0506. The van der Waals surface area contributed by atoms with Crippen LogP contribution >= 0.6 is 0 Å². The quantitative estimate of drug-likeness (QED) is 0.427. The summed E-state index contributed by atoms with van der Waals surface area (Å²) in [5.74, 6) is 1.17. The molecule has 2 aliphatic rings. The molecule has 4 nitrogen and oxygen atoms in total. The topological polar surface area (TPSA) is 32.8 Å². The molecule has 3 aromatic rings. The van der Waals surface area contributed by atoms with Crippen LogP contribution in [0.4, 0.5) is 14.9 Å². The number of amides is 1. The number of halogens is 1. The Kier molecular flexibility index (Phi) is 6.91. The summed E-state index contributed by atoms with van der Waals surface area (Å²) in [6, 6.07) is 26.5. The van der Waals surface area contributed by atoms with Crippen LogP contribution < -0.4 is 4.90 Å². The van der Waals surface area contributed by atoms with Crippen LogP contribution in [0.3, 0.4) is 0 Å². The fraction of sp³-hybridized carbons (Fsp3) is 0.345. The van der Waals surface area contributed by atoms with Gasteiger partial charge in [-0.3, -0.25) is 9.80 Å².